The molecule has 3 atom stereocenters. The minimum absolute atomic E-state index is 0.111. The molecule has 0 bridgehead atoms. The van der Waals surface area contributed by atoms with Crippen molar-refractivity contribution in [1.82, 2.24) is 25.6 Å². The normalized spacial score (nSPS) is 12.7. The Morgan fingerprint density at radius 2 is 1.57 bits per heavy atom. The van der Waals surface area contributed by atoms with Crippen LogP contribution in [0, 0.1) is 5.92 Å². The summed E-state index contributed by atoms with van der Waals surface area (Å²) in [5.74, 6) is -0.605. The third kappa shape index (κ3) is 13.5. The van der Waals surface area contributed by atoms with E-state index in [1.165, 1.54) is 25.6 Å². The van der Waals surface area contributed by atoms with Gasteiger partial charge in [0.25, 0.3) is 11.8 Å². The Hall–Kier alpha value is -5.48. The molecule has 0 aliphatic carbocycles. The van der Waals surface area contributed by atoms with Gasteiger partial charge in [-0.05, 0) is 48.6 Å². The topological polar surface area (TPSA) is 203 Å². The predicted octanol–water partition coefficient (Wildman–Crippen LogP) is 2.88. The van der Waals surface area contributed by atoms with Crippen molar-refractivity contribution in [2.45, 2.75) is 44.9 Å². The summed E-state index contributed by atoms with van der Waals surface area (Å²) in [5.41, 5.74) is 8.50. The maximum atomic E-state index is 13.0. The number of carbonyl (C=O) groups is 3. The summed E-state index contributed by atoms with van der Waals surface area (Å²) in [5, 5.41) is 18.8. The smallest absolute Gasteiger partial charge is 0.274 e. The van der Waals surface area contributed by atoms with Crippen LogP contribution in [-0.2, 0) is 25.5 Å². The van der Waals surface area contributed by atoms with E-state index in [2.05, 4.69) is 30.9 Å². The number of benzene rings is 2. The second-order valence-electron chi connectivity index (χ2n) is 12.8. The molecule has 2 aromatic carbocycles. The minimum atomic E-state index is -1.47. The van der Waals surface area contributed by atoms with Gasteiger partial charge in [0.2, 0.25) is 17.7 Å². The zero-order valence-corrected chi connectivity index (χ0v) is 30.9. The second-order valence-corrected chi connectivity index (χ2v) is 12.8. The fourth-order valence-corrected chi connectivity index (χ4v) is 5.33. The number of rotatable bonds is 22. The highest BCUT2D eigenvalue weighted by molar-refractivity contribution is 6.03. The first-order valence-corrected chi connectivity index (χ1v) is 17.8. The molecule has 54 heavy (non-hydrogen) atoms. The van der Waals surface area contributed by atoms with E-state index < -0.39 is 30.0 Å². The summed E-state index contributed by atoms with van der Waals surface area (Å²) < 4.78 is 16.6. The average molecular weight is 743 g/mol. The van der Waals surface area contributed by atoms with Crippen LogP contribution < -0.4 is 31.3 Å². The molecule has 0 aliphatic rings. The number of aromatic nitrogens is 3. The summed E-state index contributed by atoms with van der Waals surface area (Å²) in [7, 11) is 1.51. The number of aliphatic hydroxyl groups is 1. The number of nitrogens with one attached hydrogen (secondary N) is 3. The standard InChI is InChI=1S/C39H50N8O7/c1-27(2)24-33(45-38(51)35(48)31(40)25-28-10-6-4-7-11-28)36(49)41-18-20-53-22-23-54-21-19-47(30-12-8-5-9-13-30)39-42-17-16-32(46-39)37(50)44-29-14-15-34(52-3)43-26-29/h4-17,26-27,31,33,35,48H,18-25,40H2,1-3H3,(H,41,49)(H,44,50)(H,45,51)/t31-,33+,35+/m1/s1. The minimum Gasteiger partial charge on any atom is -0.481 e. The number of hydrogen-bond acceptors (Lipinski definition) is 12. The molecule has 2 aromatic heterocycles. The van der Waals surface area contributed by atoms with Gasteiger partial charge in [-0.2, -0.15) is 0 Å². The van der Waals surface area contributed by atoms with E-state index in [0.717, 1.165) is 11.3 Å². The number of amides is 3. The number of hydrogen-bond donors (Lipinski definition) is 5. The zero-order chi connectivity index (χ0) is 38.7. The van der Waals surface area contributed by atoms with Crippen molar-refractivity contribution in [3.63, 3.8) is 0 Å². The molecule has 288 valence electrons. The monoisotopic (exact) mass is 742 g/mol. The number of methoxy groups -OCH3 is 1. The fourth-order valence-electron chi connectivity index (χ4n) is 5.33. The van der Waals surface area contributed by atoms with Gasteiger partial charge in [-0.1, -0.05) is 62.4 Å². The van der Waals surface area contributed by atoms with Gasteiger partial charge >= 0.3 is 0 Å². The van der Waals surface area contributed by atoms with Crippen LogP contribution >= 0.6 is 0 Å². The maximum absolute atomic E-state index is 13.0. The average Bonchev–Trinajstić information content (AvgIpc) is 3.18. The molecule has 0 radical (unpaired) electrons. The molecular formula is C39H50N8O7. The molecule has 6 N–H and O–H groups in total. The van der Waals surface area contributed by atoms with E-state index in [1.54, 1.807) is 12.1 Å². The lowest BCUT2D eigenvalue weighted by Gasteiger charge is -2.24. The van der Waals surface area contributed by atoms with Crippen LogP contribution in [0.1, 0.15) is 36.3 Å². The van der Waals surface area contributed by atoms with Gasteiger partial charge in [0, 0.05) is 37.1 Å². The zero-order valence-electron chi connectivity index (χ0n) is 30.9. The second kappa shape index (κ2) is 21.9. The Bertz CT molecular complexity index is 1730. The molecule has 0 aliphatic heterocycles. The van der Waals surface area contributed by atoms with Crippen molar-refractivity contribution < 1.29 is 33.7 Å². The van der Waals surface area contributed by atoms with Crippen molar-refractivity contribution in [1.29, 1.82) is 0 Å². The van der Waals surface area contributed by atoms with Crippen LogP contribution in [0.3, 0.4) is 0 Å². The van der Waals surface area contributed by atoms with Crippen LogP contribution in [-0.4, -0.2) is 103 Å². The number of nitrogens with zero attached hydrogens (tertiary/aromatic N) is 4. The molecule has 15 nitrogen and oxygen atoms in total. The van der Waals surface area contributed by atoms with Crippen LogP contribution in [0.5, 0.6) is 5.88 Å². The number of anilines is 3. The third-order valence-electron chi connectivity index (χ3n) is 8.09. The first-order valence-electron chi connectivity index (χ1n) is 17.8. The van der Waals surface area contributed by atoms with Gasteiger partial charge in [0.05, 0.1) is 45.4 Å². The lowest BCUT2D eigenvalue weighted by molar-refractivity contribution is -0.135. The summed E-state index contributed by atoms with van der Waals surface area (Å²) in [4.78, 5) is 53.6. The highest BCUT2D eigenvalue weighted by atomic mass is 16.5. The van der Waals surface area contributed by atoms with E-state index in [1.807, 2.05) is 79.4 Å². The summed E-state index contributed by atoms with van der Waals surface area (Å²) >= 11 is 0. The molecule has 3 amide bonds. The van der Waals surface area contributed by atoms with Crippen LogP contribution in [0.15, 0.2) is 91.3 Å². The Morgan fingerprint density at radius 1 is 0.870 bits per heavy atom. The van der Waals surface area contributed by atoms with Crippen molar-refractivity contribution >= 4 is 35.0 Å². The molecule has 0 saturated heterocycles. The Kier molecular flexibility index (Phi) is 16.7. The predicted molar refractivity (Wildman–Crippen MR) is 204 cm³/mol. The van der Waals surface area contributed by atoms with Crippen LogP contribution in [0.25, 0.3) is 0 Å². The number of ether oxygens (including phenoxy) is 3. The number of aliphatic hydroxyl groups excluding tert-OH is 1. The van der Waals surface area contributed by atoms with Gasteiger partial charge in [-0.25, -0.2) is 15.0 Å². The maximum Gasteiger partial charge on any atom is 0.274 e. The first kappa shape index (κ1) is 41.3. The molecule has 0 saturated carbocycles. The van der Waals surface area contributed by atoms with E-state index in [9.17, 15) is 19.5 Å². The van der Waals surface area contributed by atoms with Crippen LogP contribution in [0.4, 0.5) is 17.3 Å². The Labute approximate surface area is 315 Å². The molecule has 0 fully saturated rings. The molecule has 0 unspecified atom stereocenters. The van der Waals surface area contributed by atoms with Crippen LogP contribution in [0.2, 0.25) is 0 Å². The molecular weight excluding hydrogens is 692 g/mol. The molecule has 2 heterocycles. The number of carbonyl (C=O) groups excluding carboxylic acids is 3. The number of nitrogens with two attached hydrogens (primary N) is 1. The molecule has 4 aromatic rings. The highest BCUT2D eigenvalue weighted by Crippen LogP contribution is 2.22. The van der Waals surface area contributed by atoms with Crippen molar-refractivity contribution in [2.24, 2.45) is 11.7 Å². The van der Waals surface area contributed by atoms with Gasteiger partial charge in [0.15, 0.2) is 0 Å². The van der Waals surface area contributed by atoms with Crippen molar-refractivity contribution in [3.8, 4) is 5.88 Å². The SMILES string of the molecule is COc1ccc(NC(=O)c2ccnc(N(CCOCCOCCNC(=O)[C@H](CC(C)C)NC(=O)[C@@H](O)[C@H](N)Cc3ccccc3)c3ccccc3)n2)cn1. The van der Waals surface area contributed by atoms with Gasteiger partial charge in [0.1, 0.15) is 17.8 Å². The molecule has 15 heteroatoms. The summed E-state index contributed by atoms with van der Waals surface area (Å²) in [6, 6.07) is 22.1. The first-order chi connectivity index (χ1) is 26.1. The van der Waals surface area contributed by atoms with Crippen molar-refractivity contribution in [2.75, 3.05) is 56.8 Å². The van der Waals surface area contributed by atoms with E-state index >= 15 is 0 Å². The summed E-state index contributed by atoms with van der Waals surface area (Å²) in [6.07, 6.45) is 2.26. The number of pyridine rings is 1. The van der Waals surface area contributed by atoms with E-state index in [4.69, 9.17) is 19.9 Å². The van der Waals surface area contributed by atoms with Crippen molar-refractivity contribution in [3.05, 3.63) is 103 Å². The lowest BCUT2D eigenvalue weighted by Crippen LogP contribution is -2.54. The highest BCUT2D eigenvalue weighted by Gasteiger charge is 2.28. The Balaban J connectivity index is 1.19. The molecule has 4 rings (SSSR count). The fraction of sp³-hybridized carbons (Fsp3) is 0.385. The van der Waals surface area contributed by atoms with E-state index in [0.29, 0.717) is 50.1 Å². The Morgan fingerprint density at radius 3 is 2.24 bits per heavy atom. The van der Waals surface area contributed by atoms with E-state index in [-0.39, 0.29) is 37.3 Å². The summed E-state index contributed by atoms with van der Waals surface area (Å²) in [6.45, 7) is 5.61. The largest absolute Gasteiger partial charge is 0.481 e. The lowest BCUT2D eigenvalue weighted by atomic mass is 10.00. The molecule has 0 spiro atoms. The quantitative estimate of drug-likeness (QED) is 0.0739. The van der Waals surface area contributed by atoms with Gasteiger partial charge in [-0.3, -0.25) is 14.4 Å². The third-order valence-corrected chi connectivity index (χ3v) is 8.09. The number of para-hydroxylation sites is 1. The van der Waals surface area contributed by atoms with Gasteiger partial charge in [-0.15, -0.1) is 0 Å². The van der Waals surface area contributed by atoms with Gasteiger partial charge < -0.3 is 45.9 Å².